The summed E-state index contributed by atoms with van der Waals surface area (Å²) < 4.78 is 12.9. The van der Waals surface area contributed by atoms with Gasteiger partial charge in [-0.1, -0.05) is 12.1 Å². The van der Waals surface area contributed by atoms with E-state index in [9.17, 15) is 4.79 Å². The average Bonchev–Trinajstić information content (AvgIpc) is 3.08. The van der Waals surface area contributed by atoms with Crippen molar-refractivity contribution in [3.63, 3.8) is 0 Å². The summed E-state index contributed by atoms with van der Waals surface area (Å²) in [6.07, 6.45) is 5.02. The van der Waals surface area contributed by atoms with Crippen molar-refractivity contribution in [2.45, 2.75) is 13.5 Å². The van der Waals surface area contributed by atoms with Gasteiger partial charge < -0.3 is 9.47 Å². The minimum atomic E-state index is -0.0956. The number of methoxy groups -OCH3 is 1. The SMILES string of the molecule is COc1ccc(/C=C/C(=O)c2cn(C)nc2C)cc1COc1ccc(C#N)cc1. The third kappa shape index (κ3) is 4.90. The third-order valence-corrected chi connectivity index (χ3v) is 4.39. The fourth-order valence-corrected chi connectivity index (χ4v) is 2.90. The summed E-state index contributed by atoms with van der Waals surface area (Å²) in [5.41, 5.74) is 3.58. The van der Waals surface area contributed by atoms with Crippen LogP contribution in [0.25, 0.3) is 6.08 Å². The highest BCUT2D eigenvalue weighted by atomic mass is 16.5. The van der Waals surface area contributed by atoms with Crippen molar-refractivity contribution >= 4 is 11.9 Å². The molecular weight excluding hydrogens is 366 g/mol. The maximum Gasteiger partial charge on any atom is 0.189 e. The molecule has 0 radical (unpaired) electrons. The lowest BCUT2D eigenvalue weighted by Gasteiger charge is -2.11. The Kier molecular flexibility index (Phi) is 6.10. The molecule has 0 atom stereocenters. The first-order valence-electron chi connectivity index (χ1n) is 9.02. The van der Waals surface area contributed by atoms with E-state index >= 15 is 0 Å². The molecule has 0 unspecified atom stereocenters. The number of aryl methyl sites for hydroxylation is 2. The molecule has 0 bridgehead atoms. The molecule has 1 heterocycles. The van der Waals surface area contributed by atoms with Gasteiger partial charge in [-0.25, -0.2) is 0 Å². The number of allylic oxidation sites excluding steroid dienone is 1. The van der Waals surface area contributed by atoms with E-state index in [0.29, 0.717) is 34.9 Å². The minimum Gasteiger partial charge on any atom is -0.496 e. The van der Waals surface area contributed by atoms with E-state index in [4.69, 9.17) is 14.7 Å². The first-order chi connectivity index (χ1) is 14.0. The monoisotopic (exact) mass is 387 g/mol. The Morgan fingerprint density at radius 1 is 1.24 bits per heavy atom. The first-order valence-corrected chi connectivity index (χ1v) is 9.02. The molecular formula is C23H21N3O3. The van der Waals surface area contributed by atoms with Crippen molar-refractivity contribution in [2.24, 2.45) is 7.05 Å². The van der Waals surface area contributed by atoms with Crippen LogP contribution in [-0.4, -0.2) is 22.7 Å². The quantitative estimate of drug-likeness (QED) is 0.451. The summed E-state index contributed by atoms with van der Waals surface area (Å²) in [5.74, 6) is 1.27. The van der Waals surface area contributed by atoms with Crippen molar-refractivity contribution < 1.29 is 14.3 Å². The molecule has 2 aromatic carbocycles. The zero-order chi connectivity index (χ0) is 20.8. The molecule has 0 aliphatic carbocycles. The number of carbonyl (C=O) groups excluding carboxylic acids is 1. The molecule has 0 amide bonds. The molecule has 0 saturated carbocycles. The number of aromatic nitrogens is 2. The van der Waals surface area contributed by atoms with Crippen LogP contribution in [0.4, 0.5) is 0 Å². The van der Waals surface area contributed by atoms with Gasteiger partial charge >= 0.3 is 0 Å². The number of ether oxygens (including phenoxy) is 2. The van der Waals surface area contributed by atoms with Crippen LogP contribution in [0.1, 0.15) is 32.7 Å². The van der Waals surface area contributed by atoms with Crippen molar-refractivity contribution in [3.05, 3.63) is 82.7 Å². The Labute approximate surface area is 169 Å². The number of nitriles is 1. The summed E-state index contributed by atoms with van der Waals surface area (Å²) in [6.45, 7) is 2.11. The van der Waals surface area contributed by atoms with Crippen LogP contribution < -0.4 is 9.47 Å². The van der Waals surface area contributed by atoms with Crippen LogP contribution in [0.2, 0.25) is 0 Å². The second-order valence-corrected chi connectivity index (χ2v) is 6.50. The second-order valence-electron chi connectivity index (χ2n) is 6.50. The molecule has 0 N–H and O–H groups in total. The van der Waals surface area contributed by atoms with Crippen LogP contribution in [0.5, 0.6) is 11.5 Å². The molecule has 0 aliphatic rings. The summed E-state index contributed by atoms with van der Waals surface area (Å²) in [6, 6.07) is 14.6. The Balaban J connectivity index is 1.74. The van der Waals surface area contributed by atoms with E-state index in [1.54, 1.807) is 55.4 Å². The number of nitrogens with zero attached hydrogens (tertiary/aromatic N) is 3. The molecule has 29 heavy (non-hydrogen) atoms. The molecule has 146 valence electrons. The van der Waals surface area contributed by atoms with Crippen LogP contribution in [-0.2, 0) is 13.7 Å². The normalized spacial score (nSPS) is 10.7. The predicted molar refractivity (Wildman–Crippen MR) is 110 cm³/mol. The fourth-order valence-electron chi connectivity index (χ4n) is 2.90. The van der Waals surface area contributed by atoms with Crippen molar-refractivity contribution in [2.75, 3.05) is 7.11 Å². The van der Waals surface area contributed by atoms with Gasteiger partial charge in [-0.3, -0.25) is 9.48 Å². The number of benzene rings is 2. The highest BCUT2D eigenvalue weighted by Gasteiger charge is 2.10. The highest BCUT2D eigenvalue weighted by Crippen LogP contribution is 2.23. The van der Waals surface area contributed by atoms with Gasteiger partial charge in [-0.05, 0) is 55.0 Å². The van der Waals surface area contributed by atoms with Gasteiger partial charge in [0.2, 0.25) is 0 Å². The maximum absolute atomic E-state index is 12.4. The molecule has 3 rings (SSSR count). The number of hydrogen-bond acceptors (Lipinski definition) is 5. The first kappa shape index (κ1) is 19.9. The van der Waals surface area contributed by atoms with Crippen LogP contribution >= 0.6 is 0 Å². The summed E-state index contributed by atoms with van der Waals surface area (Å²) in [5, 5.41) is 13.1. The largest absolute Gasteiger partial charge is 0.496 e. The molecule has 0 fully saturated rings. The topological polar surface area (TPSA) is 77.1 Å². The summed E-state index contributed by atoms with van der Waals surface area (Å²) >= 11 is 0. The molecule has 0 saturated heterocycles. The van der Waals surface area contributed by atoms with E-state index in [0.717, 1.165) is 11.1 Å². The number of ketones is 1. The number of rotatable bonds is 7. The van der Waals surface area contributed by atoms with E-state index in [2.05, 4.69) is 11.2 Å². The van der Waals surface area contributed by atoms with Gasteiger partial charge in [0.25, 0.3) is 0 Å². The van der Waals surface area contributed by atoms with Gasteiger partial charge in [0, 0.05) is 18.8 Å². The van der Waals surface area contributed by atoms with Crippen molar-refractivity contribution in [1.29, 1.82) is 5.26 Å². The van der Waals surface area contributed by atoms with Crippen LogP contribution in [0.3, 0.4) is 0 Å². The van der Waals surface area contributed by atoms with E-state index in [1.165, 1.54) is 6.08 Å². The molecule has 3 aromatic rings. The minimum absolute atomic E-state index is 0.0956. The standard InChI is InChI=1S/C23H21N3O3/c1-16-21(14-26(2)25-16)22(27)10-6-17-7-11-23(28-3)19(12-17)15-29-20-8-4-18(13-24)5-9-20/h4-12,14H,15H2,1-3H3/b10-6+. The zero-order valence-corrected chi connectivity index (χ0v) is 16.5. The fraction of sp³-hybridized carbons (Fsp3) is 0.174. The maximum atomic E-state index is 12.4. The smallest absolute Gasteiger partial charge is 0.189 e. The van der Waals surface area contributed by atoms with E-state index < -0.39 is 0 Å². The van der Waals surface area contributed by atoms with Gasteiger partial charge in [0.1, 0.15) is 18.1 Å². The van der Waals surface area contributed by atoms with Crippen molar-refractivity contribution in [3.8, 4) is 17.6 Å². The predicted octanol–water partition coefficient (Wildman–Crippen LogP) is 4.08. The van der Waals surface area contributed by atoms with Gasteiger partial charge in [0.05, 0.1) is 30.0 Å². The third-order valence-electron chi connectivity index (χ3n) is 4.39. The summed E-state index contributed by atoms with van der Waals surface area (Å²) in [4.78, 5) is 12.4. The Morgan fingerprint density at radius 3 is 2.62 bits per heavy atom. The highest BCUT2D eigenvalue weighted by molar-refractivity contribution is 6.07. The van der Waals surface area contributed by atoms with Crippen molar-refractivity contribution in [1.82, 2.24) is 9.78 Å². The van der Waals surface area contributed by atoms with E-state index in [1.807, 2.05) is 25.1 Å². The molecule has 6 nitrogen and oxygen atoms in total. The van der Waals surface area contributed by atoms with Gasteiger partial charge in [0.15, 0.2) is 5.78 Å². The molecule has 0 spiro atoms. The second kappa shape index (κ2) is 8.89. The Morgan fingerprint density at radius 2 is 2.00 bits per heavy atom. The summed E-state index contributed by atoms with van der Waals surface area (Å²) in [7, 11) is 3.39. The molecule has 1 aromatic heterocycles. The lowest BCUT2D eigenvalue weighted by atomic mass is 10.1. The average molecular weight is 387 g/mol. The lowest BCUT2D eigenvalue weighted by Crippen LogP contribution is -1.99. The Bertz CT molecular complexity index is 1090. The van der Waals surface area contributed by atoms with Crippen LogP contribution in [0, 0.1) is 18.3 Å². The zero-order valence-electron chi connectivity index (χ0n) is 16.5. The van der Waals surface area contributed by atoms with E-state index in [-0.39, 0.29) is 5.78 Å². The molecule has 0 aliphatic heterocycles. The Hall–Kier alpha value is -3.85. The number of carbonyl (C=O) groups is 1. The number of hydrogen-bond donors (Lipinski definition) is 0. The van der Waals surface area contributed by atoms with Gasteiger partial charge in [-0.2, -0.15) is 10.4 Å². The van der Waals surface area contributed by atoms with Gasteiger partial charge in [-0.15, -0.1) is 0 Å². The van der Waals surface area contributed by atoms with Crippen LogP contribution in [0.15, 0.2) is 54.7 Å². The molecule has 6 heteroatoms. The lowest BCUT2D eigenvalue weighted by molar-refractivity contribution is 0.104.